The van der Waals surface area contributed by atoms with Gasteiger partial charge in [-0.25, -0.2) is 0 Å². The molecule has 0 atom stereocenters. The van der Waals surface area contributed by atoms with Crippen LogP contribution in [-0.4, -0.2) is 54.3 Å². The third-order valence-electron chi connectivity index (χ3n) is 5.94. The van der Waals surface area contributed by atoms with E-state index in [0.717, 1.165) is 45.7 Å². The molecule has 0 fully saturated rings. The highest BCUT2D eigenvalue weighted by molar-refractivity contribution is 7.99. The van der Waals surface area contributed by atoms with Crippen molar-refractivity contribution < 1.29 is 19.0 Å². The van der Waals surface area contributed by atoms with Gasteiger partial charge in [-0.15, -0.1) is 10.2 Å². The van der Waals surface area contributed by atoms with Crippen molar-refractivity contribution in [3.05, 3.63) is 78.4 Å². The van der Waals surface area contributed by atoms with Crippen LogP contribution in [0, 0.1) is 0 Å². The highest BCUT2D eigenvalue weighted by atomic mass is 32.2. The van der Waals surface area contributed by atoms with Gasteiger partial charge in [-0.1, -0.05) is 48.2 Å². The average Bonchev–Trinajstić information content (AvgIpc) is 3.39. The van der Waals surface area contributed by atoms with Crippen molar-refractivity contribution in [2.75, 3.05) is 33.6 Å². The maximum Gasteiger partial charge on any atom is 0.220 e. The molecule has 0 aliphatic rings. The SMILES string of the molecule is COc1cccc(-c2nnc(SCCCC(=O)NCCc3ccc(OC)c(OC)c3)n2-c2ccccc2)c1. The molecule has 4 rings (SSSR count). The van der Waals surface area contributed by atoms with Gasteiger partial charge in [0.25, 0.3) is 0 Å². The lowest BCUT2D eigenvalue weighted by Gasteiger charge is -2.11. The molecule has 4 aromatic rings. The molecule has 9 heteroatoms. The summed E-state index contributed by atoms with van der Waals surface area (Å²) in [5.41, 5.74) is 2.97. The summed E-state index contributed by atoms with van der Waals surface area (Å²) in [5, 5.41) is 12.7. The summed E-state index contributed by atoms with van der Waals surface area (Å²) >= 11 is 1.59. The van der Waals surface area contributed by atoms with Crippen molar-refractivity contribution >= 4 is 17.7 Å². The fraction of sp³-hybridized carbons (Fsp3) is 0.276. The Morgan fingerprint density at radius 1 is 0.895 bits per heavy atom. The molecule has 0 unspecified atom stereocenters. The van der Waals surface area contributed by atoms with Crippen LogP contribution in [0.5, 0.6) is 17.2 Å². The van der Waals surface area contributed by atoms with Crippen LogP contribution in [0.4, 0.5) is 0 Å². The summed E-state index contributed by atoms with van der Waals surface area (Å²) in [7, 11) is 4.87. The summed E-state index contributed by atoms with van der Waals surface area (Å²) in [4.78, 5) is 12.4. The molecule has 1 amide bonds. The maximum atomic E-state index is 12.4. The molecule has 0 saturated heterocycles. The summed E-state index contributed by atoms with van der Waals surface area (Å²) in [6.45, 7) is 0.563. The van der Waals surface area contributed by atoms with Crippen LogP contribution < -0.4 is 19.5 Å². The van der Waals surface area contributed by atoms with Crippen LogP contribution in [-0.2, 0) is 11.2 Å². The van der Waals surface area contributed by atoms with Crippen LogP contribution in [0.2, 0.25) is 0 Å². The average molecular weight is 533 g/mol. The number of thioether (sulfide) groups is 1. The summed E-state index contributed by atoms with van der Waals surface area (Å²) in [6, 6.07) is 23.6. The lowest BCUT2D eigenvalue weighted by Crippen LogP contribution is -2.25. The Morgan fingerprint density at radius 3 is 2.47 bits per heavy atom. The molecule has 3 aromatic carbocycles. The largest absolute Gasteiger partial charge is 0.497 e. The predicted molar refractivity (Wildman–Crippen MR) is 150 cm³/mol. The Hall–Kier alpha value is -3.98. The number of nitrogens with one attached hydrogen (secondary N) is 1. The van der Waals surface area contributed by atoms with Crippen LogP contribution in [0.1, 0.15) is 18.4 Å². The number of rotatable bonds is 13. The third-order valence-corrected chi connectivity index (χ3v) is 6.95. The van der Waals surface area contributed by atoms with Gasteiger partial charge in [0.1, 0.15) is 5.75 Å². The molecule has 0 saturated carbocycles. The summed E-state index contributed by atoms with van der Waals surface area (Å²) in [6.07, 6.45) is 1.89. The fourth-order valence-corrected chi connectivity index (χ4v) is 4.88. The number of aromatic nitrogens is 3. The van der Waals surface area contributed by atoms with Gasteiger partial charge in [-0.3, -0.25) is 9.36 Å². The van der Waals surface area contributed by atoms with E-state index in [1.165, 1.54) is 0 Å². The Morgan fingerprint density at radius 2 is 1.71 bits per heavy atom. The zero-order valence-electron chi connectivity index (χ0n) is 21.8. The van der Waals surface area contributed by atoms with Gasteiger partial charge >= 0.3 is 0 Å². The Kier molecular flexibility index (Phi) is 9.64. The number of amides is 1. The minimum absolute atomic E-state index is 0.0349. The van der Waals surface area contributed by atoms with Gasteiger partial charge in [0.05, 0.1) is 21.3 Å². The van der Waals surface area contributed by atoms with E-state index in [2.05, 4.69) is 15.5 Å². The van der Waals surface area contributed by atoms with E-state index >= 15 is 0 Å². The number of methoxy groups -OCH3 is 3. The first-order valence-corrected chi connectivity index (χ1v) is 13.4. The van der Waals surface area contributed by atoms with Crippen molar-refractivity contribution in [2.45, 2.75) is 24.4 Å². The first-order valence-electron chi connectivity index (χ1n) is 12.4. The molecule has 0 aliphatic carbocycles. The Balaban J connectivity index is 1.32. The number of carbonyl (C=O) groups is 1. The van der Waals surface area contributed by atoms with Gasteiger partial charge in [0, 0.05) is 30.0 Å². The highest BCUT2D eigenvalue weighted by Crippen LogP contribution is 2.30. The quantitative estimate of drug-likeness (QED) is 0.187. The number of benzene rings is 3. The lowest BCUT2D eigenvalue weighted by atomic mass is 10.1. The first-order chi connectivity index (χ1) is 18.6. The van der Waals surface area contributed by atoms with Crippen LogP contribution in [0.3, 0.4) is 0 Å². The third kappa shape index (κ3) is 6.86. The fourth-order valence-electron chi connectivity index (χ4n) is 3.99. The van der Waals surface area contributed by atoms with Crippen molar-refractivity contribution in [2.24, 2.45) is 0 Å². The van der Waals surface area contributed by atoms with E-state index in [0.29, 0.717) is 30.9 Å². The summed E-state index contributed by atoms with van der Waals surface area (Å²) < 4.78 is 18.1. The molecule has 0 aliphatic heterocycles. The van der Waals surface area contributed by atoms with Crippen molar-refractivity contribution in [1.82, 2.24) is 20.1 Å². The highest BCUT2D eigenvalue weighted by Gasteiger charge is 2.17. The second-order valence-electron chi connectivity index (χ2n) is 8.45. The number of para-hydroxylation sites is 1. The molecule has 0 radical (unpaired) electrons. The van der Waals surface area contributed by atoms with E-state index < -0.39 is 0 Å². The molecular formula is C29H32N4O4S. The van der Waals surface area contributed by atoms with Gasteiger partial charge in [-0.2, -0.15) is 0 Å². The Labute approximate surface area is 227 Å². The van der Waals surface area contributed by atoms with Crippen LogP contribution >= 0.6 is 11.8 Å². The topological polar surface area (TPSA) is 87.5 Å². The molecule has 1 heterocycles. The molecule has 0 bridgehead atoms. The van der Waals surface area contributed by atoms with Crippen LogP contribution in [0.25, 0.3) is 17.1 Å². The van der Waals surface area contributed by atoms with E-state index in [4.69, 9.17) is 14.2 Å². The van der Waals surface area contributed by atoms with E-state index in [1.807, 2.05) is 77.4 Å². The second kappa shape index (κ2) is 13.5. The molecular weight excluding hydrogens is 500 g/mol. The van der Waals surface area contributed by atoms with Gasteiger partial charge in [0.15, 0.2) is 22.5 Å². The zero-order chi connectivity index (χ0) is 26.7. The minimum Gasteiger partial charge on any atom is -0.497 e. The molecule has 1 N–H and O–H groups in total. The van der Waals surface area contributed by atoms with Crippen molar-refractivity contribution in [3.63, 3.8) is 0 Å². The molecule has 38 heavy (non-hydrogen) atoms. The predicted octanol–water partition coefficient (Wildman–Crippen LogP) is 5.19. The molecule has 8 nitrogen and oxygen atoms in total. The number of ether oxygens (including phenoxy) is 3. The molecule has 0 spiro atoms. The number of hydrogen-bond donors (Lipinski definition) is 1. The van der Waals surface area contributed by atoms with Gasteiger partial charge < -0.3 is 19.5 Å². The number of nitrogens with zero attached hydrogens (tertiary/aromatic N) is 3. The number of carbonyl (C=O) groups excluding carboxylic acids is 1. The standard InChI is InChI=1S/C29H32N4O4S/c1-35-24-12-7-9-22(20-24)28-31-32-29(33(28)23-10-5-4-6-11-23)38-18-8-13-27(34)30-17-16-21-14-15-25(36-2)26(19-21)37-3/h4-7,9-12,14-15,19-20H,8,13,16-18H2,1-3H3,(H,30,34). The molecule has 1 aromatic heterocycles. The minimum atomic E-state index is 0.0349. The number of hydrogen-bond acceptors (Lipinski definition) is 7. The normalized spacial score (nSPS) is 10.7. The second-order valence-corrected chi connectivity index (χ2v) is 9.51. The lowest BCUT2D eigenvalue weighted by molar-refractivity contribution is -0.121. The monoisotopic (exact) mass is 532 g/mol. The first kappa shape index (κ1) is 27.1. The summed E-state index contributed by atoms with van der Waals surface area (Å²) in [5.74, 6) is 3.66. The van der Waals surface area contributed by atoms with E-state index in [-0.39, 0.29) is 5.91 Å². The maximum absolute atomic E-state index is 12.4. The van der Waals surface area contributed by atoms with Gasteiger partial charge in [0.2, 0.25) is 5.91 Å². The zero-order valence-corrected chi connectivity index (χ0v) is 22.7. The Bertz CT molecular complexity index is 1340. The smallest absolute Gasteiger partial charge is 0.220 e. The molecule has 198 valence electrons. The van der Waals surface area contributed by atoms with Crippen molar-refractivity contribution in [3.8, 4) is 34.3 Å². The van der Waals surface area contributed by atoms with Crippen LogP contribution in [0.15, 0.2) is 78.0 Å². The van der Waals surface area contributed by atoms with E-state index in [1.54, 1.807) is 33.1 Å². The van der Waals surface area contributed by atoms with E-state index in [9.17, 15) is 4.79 Å². The van der Waals surface area contributed by atoms with Gasteiger partial charge in [-0.05, 0) is 54.8 Å². The van der Waals surface area contributed by atoms with Crippen molar-refractivity contribution in [1.29, 1.82) is 0 Å².